The van der Waals surface area contributed by atoms with E-state index in [1.165, 1.54) is 24.3 Å². The van der Waals surface area contributed by atoms with E-state index < -0.39 is 29.4 Å². The van der Waals surface area contributed by atoms with Gasteiger partial charge in [0.25, 0.3) is 0 Å². The molecule has 8 rings (SSSR count). The van der Waals surface area contributed by atoms with E-state index in [4.69, 9.17) is 9.47 Å². The van der Waals surface area contributed by atoms with Crippen molar-refractivity contribution in [2.24, 2.45) is 0 Å². The van der Waals surface area contributed by atoms with Gasteiger partial charge >= 0.3 is 12.4 Å². The first kappa shape index (κ1) is 51.2. The maximum absolute atomic E-state index is 13.0. The number of hydrogen-bond acceptors (Lipinski definition) is 10. The third-order valence-corrected chi connectivity index (χ3v) is 12.7. The maximum Gasteiger partial charge on any atom is 0.416 e. The predicted octanol–water partition coefficient (Wildman–Crippen LogP) is 12.3. The summed E-state index contributed by atoms with van der Waals surface area (Å²) in [4.78, 5) is 36.2. The number of thioether (sulfide) groups is 2. The van der Waals surface area contributed by atoms with Gasteiger partial charge in [-0.2, -0.15) is 36.9 Å². The lowest BCUT2D eigenvalue weighted by atomic mass is 9.98. The number of benzene rings is 5. The molecule has 10 nitrogen and oxygen atoms in total. The van der Waals surface area contributed by atoms with Gasteiger partial charge in [-0.25, -0.2) is 9.97 Å². The average molecular weight is 1000 g/mol. The smallest absolute Gasteiger partial charge is 0.416 e. The molecule has 1 aliphatic heterocycles. The van der Waals surface area contributed by atoms with Crippen molar-refractivity contribution in [2.75, 3.05) is 50.2 Å². The fraction of sp³-hybridized carbons (Fsp3) is 0.170. The first-order valence-corrected chi connectivity index (χ1v) is 23.5. The van der Waals surface area contributed by atoms with Crippen molar-refractivity contribution in [3.05, 3.63) is 168 Å². The third-order valence-electron chi connectivity index (χ3n) is 10.8. The van der Waals surface area contributed by atoms with Crippen molar-refractivity contribution in [2.45, 2.75) is 22.4 Å². The van der Waals surface area contributed by atoms with E-state index in [9.17, 15) is 46.5 Å². The van der Waals surface area contributed by atoms with Gasteiger partial charge in [0, 0.05) is 41.0 Å². The minimum Gasteiger partial charge on any atom is -0.497 e. The normalized spacial score (nSPS) is 12.4. The minimum atomic E-state index is -4.52. The molecule has 18 heteroatoms. The minimum absolute atomic E-state index is 0.0332. The second-order valence-corrected chi connectivity index (χ2v) is 17.4. The van der Waals surface area contributed by atoms with Crippen LogP contribution in [0.2, 0.25) is 0 Å². The Morgan fingerprint density at radius 2 is 1.13 bits per heavy atom. The van der Waals surface area contributed by atoms with Gasteiger partial charge in [-0.3, -0.25) is 9.59 Å². The summed E-state index contributed by atoms with van der Waals surface area (Å²) in [6.45, 7) is 2.00. The zero-order chi connectivity index (χ0) is 50.5. The zero-order valence-electron chi connectivity index (χ0n) is 37.6. The maximum atomic E-state index is 13.0. The Morgan fingerprint density at radius 1 is 0.634 bits per heavy atom. The molecule has 3 heterocycles. The highest BCUT2D eigenvalue weighted by Crippen LogP contribution is 2.38. The number of nitriles is 2. The molecule has 71 heavy (non-hydrogen) atoms. The number of amides is 2. The fourth-order valence-corrected chi connectivity index (χ4v) is 8.89. The van der Waals surface area contributed by atoms with Crippen LogP contribution in [-0.2, 0) is 26.7 Å². The number of carbonyl (C=O) groups excluding carboxylic acids is 2. The molecule has 360 valence electrons. The lowest BCUT2D eigenvalue weighted by Crippen LogP contribution is -2.41. The van der Waals surface area contributed by atoms with Crippen LogP contribution >= 0.6 is 23.5 Å². The molecule has 7 aromatic rings. The number of rotatable bonds is 12. The van der Waals surface area contributed by atoms with Crippen molar-refractivity contribution in [1.82, 2.24) is 14.9 Å². The molecule has 1 aliphatic rings. The summed E-state index contributed by atoms with van der Waals surface area (Å²) in [5.74, 6) is -0.00306. The first-order valence-electron chi connectivity index (χ1n) is 21.6. The number of morpholine rings is 1. The van der Waals surface area contributed by atoms with Crippen LogP contribution in [0.5, 0.6) is 5.75 Å². The van der Waals surface area contributed by atoms with Gasteiger partial charge in [-0.05, 0) is 65.7 Å². The Kier molecular flexibility index (Phi) is 16.8. The molecule has 0 atom stereocenters. The number of hydrogen-bond donors (Lipinski definition) is 1. The highest BCUT2D eigenvalue weighted by atomic mass is 32.2. The van der Waals surface area contributed by atoms with Crippen LogP contribution in [0.25, 0.3) is 44.8 Å². The molecule has 5 aromatic carbocycles. The average Bonchev–Trinajstić information content (AvgIpc) is 3.39. The van der Waals surface area contributed by atoms with Crippen LogP contribution in [0.15, 0.2) is 156 Å². The molecule has 0 bridgehead atoms. The Bertz CT molecular complexity index is 3070. The number of halogens is 6. The Labute approximate surface area is 413 Å². The summed E-state index contributed by atoms with van der Waals surface area (Å²) in [6, 6.07) is 42.9. The molecule has 0 aliphatic carbocycles. The monoisotopic (exact) mass is 1000 g/mol. The molecule has 2 amide bonds. The van der Waals surface area contributed by atoms with E-state index in [1.54, 1.807) is 30.2 Å². The topological polar surface area (TPSA) is 141 Å². The number of nitrogens with zero attached hydrogens (tertiary/aromatic N) is 5. The van der Waals surface area contributed by atoms with E-state index >= 15 is 0 Å². The number of ether oxygens (including phenoxy) is 2. The van der Waals surface area contributed by atoms with Crippen LogP contribution in [0, 0.1) is 22.7 Å². The SMILES string of the molecule is COc1ccc(-c2cc(-c3ccccc3)nc(SCC(=O)Nc3cccc(C(F)(F)F)c3)c2C#N)cc1.N#Cc1c(-c2ccc(C(F)(F)F)cc2)cc(-c2ccccc2)nc1SCC(=O)N1CCOCC1. The van der Waals surface area contributed by atoms with Gasteiger partial charge < -0.3 is 19.7 Å². The molecule has 0 unspecified atom stereocenters. The number of alkyl halides is 6. The molecule has 1 fully saturated rings. The number of carbonyl (C=O) groups is 2. The van der Waals surface area contributed by atoms with Crippen LogP contribution in [0.1, 0.15) is 22.3 Å². The fourth-order valence-electron chi connectivity index (χ4n) is 7.18. The van der Waals surface area contributed by atoms with E-state index in [0.29, 0.717) is 75.7 Å². The van der Waals surface area contributed by atoms with Gasteiger partial charge in [0.2, 0.25) is 11.8 Å². The summed E-state index contributed by atoms with van der Waals surface area (Å²) in [5.41, 5.74) is 4.07. The predicted molar refractivity (Wildman–Crippen MR) is 260 cm³/mol. The lowest BCUT2D eigenvalue weighted by molar-refractivity contribution is -0.138. The van der Waals surface area contributed by atoms with Gasteiger partial charge in [0.05, 0.1) is 65.5 Å². The van der Waals surface area contributed by atoms with Crippen molar-refractivity contribution >= 4 is 41.0 Å². The van der Waals surface area contributed by atoms with Gasteiger partial charge in [0.1, 0.15) is 27.9 Å². The van der Waals surface area contributed by atoms with Crippen LogP contribution in [0.4, 0.5) is 32.0 Å². The molecule has 1 N–H and O–H groups in total. The largest absolute Gasteiger partial charge is 0.497 e. The van der Waals surface area contributed by atoms with Gasteiger partial charge in [-0.15, -0.1) is 0 Å². The summed E-state index contributed by atoms with van der Waals surface area (Å²) >= 11 is 2.19. The van der Waals surface area contributed by atoms with Crippen LogP contribution < -0.4 is 10.1 Å². The number of nitrogens with one attached hydrogen (secondary N) is 1. The van der Waals surface area contributed by atoms with Crippen molar-refractivity contribution < 1.29 is 45.4 Å². The van der Waals surface area contributed by atoms with Crippen LogP contribution in [-0.4, -0.2) is 71.6 Å². The van der Waals surface area contributed by atoms with Gasteiger partial charge in [-0.1, -0.05) is 115 Å². The van der Waals surface area contributed by atoms with Gasteiger partial charge in [0.15, 0.2) is 0 Å². The molecular formula is C53H40F6N6O4S2. The summed E-state index contributed by atoms with van der Waals surface area (Å²) in [6.07, 6.45) is -8.97. The number of aromatic nitrogens is 2. The number of anilines is 1. The second kappa shape index (κ2) is 23.3. The van der Waals surface area contributed by atoms with Crippen molar-refractivity contribution in [3.8, 4) is 62.7 Å². The quantitative estimate of drug-likeness (QED) is 0.0929. The molecule has 2 aromatic heterocycles. The molecule has 1 saturated heterocycles. The third kappa shape index (κ3) is 13.4. The van der Waals surface area contributed by atoms with Crippen LogP contribution in [0.3, 0.4) is 0 Å². The Balaban J connectivity index is 0.000000209. The molecular weight excluding hydrogens is 963 g/mol. The van der Waals surface area contributed by atoms with E-state index in [1.807, 2.05) is 78.9 Å². The van der Waals surface area contributed by atoms with E-state index in [2.05, 4.69) is 27.4 Å². The van der Waals surface area contributed by atoms with Crippen molar-refractivity contribution in [1.29, 1.82) is 10.5 Å². The lowest BCUT2D eigenvalue weighted by Gasteiger charge is -2.26. The number of methoxy groups -OCH3 is 1. The molecule has 0 radical (unpaired) electrons. The Hall–Kier alpha value is -7.64. The Morgan fingerprint density at radius 3 is 1.61 bits per heavy atom. The highest BCUT2D eigenvalue weighted by Gasteiger charge is 2.31. The van der Waals surface area contributed by atoms with E-state index in [0.717, 1.165) is 64.5 Å². The van der Waals surface area contributed by atoms with Crippen molar-refractivity contribution in [3.63, 3.8) is 0 Å². The number of pyridine rings is 2. The first-order chi connectivity index (χ1) is 34.1. The summed E-state index contributed by atoms with van der Waals surface area (Å²) in [7, 11) is 1.56. The molecule has 0 saturated carbocycles. The second-order valence-electron chi connectivity index (χ2n) is 15.4. The molecule has 0 spiro atoms. The zero-order valence-corrected chi connectivity index (χ0v) is 39.2. The standard InChI is InChI=1S/C28H20F3N3O2S.C25H20F3N3O2S/c1-36-22-12-10-18(11-13-22)23-15-25(19-6-3-2-4-7-19)34-27(24(23)16-32)37-17-26(35)33-21-9-5-8-20(14-21)28(29,30)31;26-25(27,28)19-8-6-17(7-9-19)20-14-22(18-4-2-1-3-5-18)30-24(21(20)15-29)34-16-23(32)31-10-12-33-13-11-31/h2-15H,17H2,1H3,(H,33,35);1-9,14H,10-13,16H2. The van der Waals surface area contributed by atoms with E-state index in [-0.39, 0.29) is 28.7 Å². The highest BCUT2D eigenvalue weighted by molar-refractivity contribution is 8.00. The summed E-state index contributed by atoms with van der Waals surface area (Å²) in [5, 5.41) is 23.1. The summed E-state index contributed by atoms with van der Waals surface area (Å²) < 4.78 is 88.6.